The van der Waals surface area contributed by atoms with Gasteiger partial charge in [0, 0.05) is 12.1 Å². The number of nitrogens with zero attached hydrogens (tertiary/aromatic N) is 2. The highest BCUT2D eigenvalue weighted by Gasteiger charge is 2.26. The molecule has 0 aromatic carbocycles. The second-order valence-corrected chi connectivity index (χ2v) is 13.3. The first-order valence-corrected chi connectivity index (χ1v) is 18.1. The summed E-state index contributed by atoms with van der Waals surface area (Å²) in [5.41, 5.74) is 0. The van der Waals surface area contributed by atoms with Gasteiger partial charge in [0.15, 0.2) is 0 Å². The van der Waals surface area contributed by atoms with Gasteiger partial charge in [-0.2, -0.15) is 5.26 Å². The molecule has 39 heavy (non-hydrogen) atoms. The molecule has 0 saturated heterocycles. The Labute approximate surface area is 246 Å². The quantitative estimate of drug-likeness (QED) is 0.0664. The fourth-order valence-corrected chi connectivity index (χ4v) is 6.71. The van der Waals surface area contributed by atoms with Crippen LogP contribution in [0.3, 0.4) is 0 Å². The third-order valence-corrected chi connectivity index (χ3v) is 9.43. The van der Waals surface area contributed by atoms with Crippen molar-refractivity contribution in [3.05, 3.63) is 0 Å². The highest BCUT2D eigenvalue weighted by molar-refractivity contribution is 7.44. The van der Waals surface area contributed by atoms with Crippen LogP contribution in [0.4, 0.5) is 0 Å². The molecule has 0 aliphatic carbocycles. The minimum Gasteiger partial charge on any atom is -0.322 e. The summed E-state index contributed by atoms with van der Waals surface area (Å²) in [5.74, 6) is 0. The Hall–Kier alpha value is -0.240. The van der Waals surface area contributed by atoms with Crippen molar-refractivity contribution in [1.29, 1.82) is 5.26 Å². The second kappa shape index (κ2) is 30.7. The summed E-state index contributed by atoms with van der Waals surface area (Å²) in [6.45, 7) is 14.5. The molecular weight excluding hydrogens is 501 g/mol. The van der Waals surface area contributed by atoms with Gasteiger partial charge in [-0.15, -0.1) is 0 Å². The first-order valence-electron chi connectivity index (χ1n) is 17.0. The molecule has 0 bridgehead atoms. The molecule has 1 N–H and O–H groups in total. The summed E-state index contributed by atoms with van der Waals surface area (Å²) < 4.78 is 14.4. The van der Waals surface area contributed by atoms with E-state index in [1.165, 1.54) is 129 Å². The molecule has 0 saturated carbocycles. The summed E-state index contributed by atoms with van der Waals surface area (Å²) in [6.07, 6.45) is 28.1. The van der Waals surface area contributed by atoms with E-state index in [9.17, 15) is 0 Å². The molecule has 0 aliphatic rings. The van der Waals surface area contributed by atoms with E-state index >= 15 is 0 Å². The maximum absolute atomic E-state index is 8.82. The molecule has 0 aromatic rings. The van der Waals surface area contributed by atoms with Crippen molar-refractivity contribution < 1.29 is 9.05 Å². The van der Waals surface area contributed by atoms with Crippen molar-refractivity contribution in [2.75, 3.05) is 26.3 Å². The van der Waals surface area contributed by atoms with E-state index < -0.39 is 8.53 Å². The third-order valence-electron chi connectivity index (χ3n) is 7.32. The van der Waals surface area contributed by atoms with Crippen LogP contribution in [0.5, 0.6) is 0 Å². The number of hydrogen-bond donors (Lipinski definition) is 1. The van der Waals surface area contributed by atoms with E-state index in [0.29, 0.717) is 25.1 Å². The van der Waals surface area contributed by atoms with Gasteiger partial charge >= 0.3 is 0 Å². The molecule has 6 heteroatoms. The van der Waals surface area contributed by atoms with Gasteiger partial charge in [-0.25, -0.2) is 4.67 Å². The van der Waals surface area contributed by atoms with Gasteiger partial charge in [0.25, 0.3) is 8.53 Å². The summed E-state index contributed by atoms with van der Waals surface area (Å²) in [7, 11) is -1.09. The molecular formula is C33H68N3O2P. The van der Waals surface area contributed by atoms with E-state index in [2.05, 4.69) is 50.7 Å². The smallest absolute Gasteiger partial charge is 0.259 e. The van der Waals surface area contributed by atoms with Gasteiger partial charge in [0.1, 0.15) is 0 Å². The van der Waals surface area contributed by atoms with Crippen molar-refractivity contribution in [3.8, 4) is 6.07 Å². The number of nitriles is 1. The van der Waals surface area contributed by atoms with Crippen molar-refractivity contribution >= 4 is 8.53 Å². The minimum absolute atomic E-state index is 0.360. The van der Waals surface area contributed by atoms with Gasteiger partial charge in [0.05, 0.1) is 25.7 Å². The molecule has 0 heterocycles. The second-order valence-electron chi connectivity index (χ2n) is 11.8. The molecule has 1 atom stereocenters. The van der Waals surface area contributed by atoms with Crippen LogP contribution in [0.1, 0.15) is 169 Å². The largest absolute Gasteiger partial charge is 0.322 e. The minimum atomic E-state index is -1.09. The first-order chi connectivity index (χ1) is 19.0. The van der Waals surface area contributed by atoms with Crippen molar-refractivity contribution in [3.63, 3.8) is 0 Å². The predicted octanol–water partition coefficient (Wildman–Crippen LogP) is 10.7. The average molecular weight is 570 g/mol. The van der Waals surface area contributed by atoms with E-state index in [1.54, 1.807) is 0 Å². The Morgan fingerprint density at radius 3 is 1.38 bits per heavy atom. The van der Waals surface area contributed by atoms with Gasteiger partial charge in [-0.1, -0.05) is 116 Å². The van der Waals surface area contributed by atoms with Crippen LogP contribution < -0.4 is 5.32 Å². The van der Waals surface area contributed by atoms with Gasteiger partial charge < -0.3 is 14.4 Å². The number of rotatable bonds is 31. The number of unbranched alkanes of at least 4 members (excludes halogenated alkanes) is 18. The third kappa shape index (κ3) is 26.4. The topological polar surface area (TPSA) is 57.5 Å². The Kier molecular flexibility index (Phi) is 30.5. The van der Waals surface area contributed by atoms with E-state index in [0.717, 1.165) is 19.6 Å². The zero-order valence-electron chi connectivity index (χ0n) is 27.0. The zero-order valence-corrected chi connectivity index (χ0v) is 27.9. The Morgan fingerprint density at radius 2 is 0.974 bits per heavy atom. The number of hydrogen-bond acceptors (Lipinski definition) is 5. The predicted molar refractivity (Wildman–Crippen MR) is 172 cm³/mol. The molecule has 0 aliphatic heterocycles. The van der Waals surface area contributed by atoms with Crippen LogP contribution in [-0.2, 0) is 9.05 Å². The lowest BCUT2D eigenvalue weighted by Gasteiger charge is -2.35. The zero-order chi connectivity index (χ0) is 28.8. The van der Waals surface area contributed by atoms with Crippen LogP contribution >= 0.6 is 8.53 Å². The maximum atomic E-state index is 8.82. The van der Waals surface area contributed by atoms with E-state index in [4.69, 9.17) is 14.3 Å². The van der Waals surface area contributed by atoms with Crippen LogP contribution in [0, 0.1) is 11.3 Å². The molecule has 0 fully saturated rings. The summed E-state index contributed by atoms with van der Waals surface area (Å²) in [5, 5.41) is 12.5. The average Bonchev–Trinajstić information content (AvgIpc) is 2.90. The lowest BCUT2D eigenvalue weighted by atomic mass is 10.0. The summed E-state index contributed by atoms with van der Waals surface area (Å²) in [4.78, 5) is 0. The fraction of sp³-hybridized carbons (Fsp3) is 0.970. The van der Waals surface area contributed by atoms with Crippen molar-refractivity contribution in [2.24, 2.45) is 0 Å². The Balaban J connectivity index is 3.46. The molecule has 0 radical (unpaired) electrons. The number of nitrogens with one attached hydrogen (secondary N) is 1. The summed E-state index contributed by atoms with van der Waals surface area (Å²) in [6, 6.07) is 2.88. The SMILES string of the molecule is CCCCCCCCCCCCCCCCCCNCCCCCCOP(OCCC#N)N(C(C)C)C(C)C. The van der Waals surface area contributed by atoms with Crippen LogP contribution in [0.15, 0.2) is 0 Å². The van der Waals surface area contributed by atoms with E-state index in [1.807, 2.05) is 0 Å². The molecule has 5 nitrogen and oxygen atoms in total. The maximum Gasteiger partial charge on any atom is 0.259 e. The van der Waals surface area contributed by atoms with Crippen LogP contribution in [0.2, 0.25) is 0 Å². The van der Waals surface area contributed by atoms with Crippen LogP contribution in [0.25, 0.3) is 0 Å². The standard InChI is InChI=1S/C33H68N3O2P/c1-6-7-8-9-10-11-12-13-14-15-16-17-18-19-20-23-28-35-29-24-21-22-25-30-37-39(38-31-26-27-34)36(32(2)3)33(4)5/h32-33,35H,6-26,28-31H2,1-5H3. The van der Waals surface area contributed by atoms with Gasteiger partial charge in [-0.3, -0.25) is 0 Å². The molecule has 0 rings (SSSR count). The van der Waals surface area contributed by atoms with Crippen LogP contribution in [-0.4, -0.2) is 43.1 Å². The molecule has 0 amide bonds. The van der Waals surface area contributed by atoms with Crippen molar-refractivity contribution in [1.82, 2.24) is 9.99 Å². The lowest BCUT2D eigenvalue weighted by Crippen LogP contribution is -2.33. The van der Waals surface area contributed by atoms with Gasteiger partial charge in [0.2, 0.25) is 0 Å². The normalized spacial score (nSPS) is 12.6. The Morgan fingerprint density at radius 1 is 0.590 bits per heavy atom. The highest BCUT2D eigenvalue weighted by atomic mass is 31.2. The molecule has 1 unspecified atom stereocenters. The summed E-state index contributed by atoms with van der Waals surface area (Å²) >= 11 is 0. The fourth-order valence-electron chi connectivity index (χ4n) is 5.08. The molecule has 232 valence electrons. The van der Waals surface area contributed by atoms with E-state index in [-0.39, 0.29) is 0 Å². The molecule has 0 spiro atoms. The molecule has 0 aromatic heterocycles. The highest BCUT2D eigenvalue weighted by Crippen LogP contribution is 2.46. The Bertz CT molecular complexity index is 520. The lowest BCUT2D eigenvalue weighted by molar-refractivity contribution is 0.174. The first kappa shape index (κ1) is 38.8. The van der Waals surface area contributed by atoms with Gasteiger partial charge in [-0.05, 0) is 60.0 Å². The van der Waals surface area contributed by atoms with Crippen molar-refractivity contribution in [2.45, 2.75) is 182 Å². The monoisotopic (exact) mass is 570 g/mol.